The molecule has 0 aromatic heterocycles. The van der Waals surface area contributed by atoms with Crippen molar-refractivity contribution in [3.8, 4) is 11.5 Å². The Bertz CT molecular complexity index is 941. The van der Waals surface area contributed by atoms with E-state index in [0.29, 0.717) is 11.8 Å². The Hall–Kier alpha value is -0.740. The van der Waals surface area contributed by atoms with Crippen LogP contribution < -0.4 is 9.47 Å². The maximum Gasteiger partial charge on any atom is 0.141 e. The minimum Gasteiger partial charge on any atom is -0.491 e. The third-order valence-electron chi connectivity index (χ3n) is 9.80. The summed E-state index contributed by atoms with van der Waals surface area (Å²) in [4.78, 5) is 0. The zero-order chi connectivity index (χ0) is 33.2. The second kappa shape index (κ2) is 27.1. The number of ether oxygens (including phenoxy) is 2. The van der Waals surface area contributed by atoms with Crippen molar-refractivity contribution in [1.29, 1.82) is 0 Å². The van der Waals surface area contributed by atoms with Gasteiger partial charge in [0.15, 0.2) is 0 Å². The molecule has 2 rings (SSSR count). The molecule has 0 saturated heterocycles. The summed E-state index contributed by atoms with van der Waals surface area (Å²) in [5.74, 6) is 3.18. The molecule has 2 atom stereocenters. The number of halogens is 2. The lowest BCUT2D eigenvalue weighted by atomic mass is 9.95. The van der Waals surface area contributed by atoms with Crippen LogP contribution in [0, 0.1) is 11.8 Å². The molecule has 2 nitrogen and oxygen atoms in total. The second-order valence-corrected chi connectivity index (χ2v) is 15.7. The molecule has 4 heteroatoms. The van der Waals surface area contributed by atoms with Crippen LogP contribution in [0.3, 0.4) is 0 Å². The Morgan fingerprint density at radius 1 is 0.413 bits per heavy atom. The van der Waals surface area contributed by atoms with E-state index >= 15 is 0 Å². The van der Waals surface area contributed by atoms with Crippen molar-refractivity contribution < 1.29 is 9.47 Å². The smallest absolute Gasteiger partial charge is 0.141 e. The summed E-state index contributed by atoms with van der Waals surface area (Å²) in [6, 6.07) is 8.71. The van der Waals surface area contributed by atoms with E-state index in [4.69, 9.17) is 9.47 Å². The van der Waals surface area contributed by atoms with Gasteiger partial charge in [0.05, 0.1) is 22.2 Å². The van der Waals surface area contributed by atoms with E-state index in [2.05, 4.69) is 83.8 Å². The predicted molar refractivity (Wildman–Crippen MR) is 211 cm³/mol. The summed E-state index contributed by atoms with van der Waals surface area (Å²) < 4.78 is 15.5. The molecule has 0 aliphatic rings. The van der Waals surface area contributed by atoms with Crippen molar-refractivity contribution in [2.75, 3.05) is 13.2 Å². The number of hydrogen-bond donors (Lipinski definition) is 0. The summed E-state index contributed by atoms with van der Waals surface area (Å²) in [7, 11) is 0. The molecule has 2 unspecified atom stereocenters. The standard InChI is InChI=1S/C42H70Br2O2/c1-5-9-13-17-19-23-27-35(25-21-15-11-7-3)33-45-41-37-29-32-40(44)42(38(37)30-31-39(41)43)46-34-36(26-22-16-12-8-4)28-24-20-18-14-10-6-2/h29-32,35-36H,5-28,33-34H2,1-4H3. The second-order valence-electron chi connectivity index (χ2n) is 14.0. The number of fused-ring (bicyclic) bond motifs is 1. The summed E-state index contributed by atoms with van der Waals surface area (Å²) >= 11 is 7.70. The largest absolute Gasteiger partial charge is 0.491 e. The van der Waals surface area contributed by atoms with Crippen LogP contribution in [0.25, 0.3) is 10.8 Å². The van der Waals surface area contributed by atoms with Gasteiger partial charge in [0.1, 0.15) is 11.5 Å². The maximum absolute atomic E-state index is 6.74. The highest BCUT2D eigenvalue weighted by atomic mass is 79.9. The fraction of sp³-hybridized carbons (Fsp3) is 0.762. The maximum atomic E-state index is 6.74. The quantitative estimate of drug-likeness (QED) is 0.0737. The summed E-state index contributed by atoms with van der Waals surface area (Å²) in [6.07, 6.45) is 32.0. The molecule has 0 bridgehead atoms. The number of hydrogen-bond acceptors (Lipinski definition) is 2. The molecule has 2 aromatic rings. The molecule has 0 N–H and O–H groups in total. The van der Waals surface area contributed by atoms with Crippen LogP contribution in [0.4, 0.5) is 0 Å². The topological polar surface area (TPSA) is 18.5 Å². The Labute approximate surface area is 302 Å². The first-order valence-corrected chi connectivity index (χ1v) is 21.3. The third-order valence-corrected chi connectivity index (χ3v) is 11.0. The number of unbranched alkanes of at least 4 members (excludes halogenated alkanes) is 16. The van der Waals surface area contributed by atoms with Gasteiger partial charge in [-0.05, 0) is 93.6 Å². The fourth-order valence-corrected chi connectivity index (χ4v) is 7.68. The van der Waals surface area contributed by atoms with Crippen LogP contribution in [-0.4, -0.2) is 13.2 Å². The van der Waals surface area contributed by atoms with E-state index in [1.165, 1.54) is 154 Å². The molecule has 0 radical (unpaired) electrons. The first kappa shape index (κ1) is 41.4. The van der Waals surface area contributed by atoms with Crippen molar-refractivity contribution in [1.82, 2.24) is 0 Å². The third kappa shape index (κ3) is 17.1. The zero-order valence-electron chi connectivity index (χ0n) is 30.4. The molecule has 0 saturated carbocycles. The van der Waals surface area contributed by atoms with E-state index < -0.39 is 0 Å². The molecule has 0 amide bonds. The van der Waals surface area contributed by atoms with E-state index in [9.17, 15) is 0 Å². The van der Waals surface area contributed by atoms with Gasteiger partial charge in [-0.15, -0.1) is 0 Å². The lowest BCUT2D eigenvalue weighted by Crippen LogP contribution is -2.14. The normalized spacial score (nSPS) is 12.9. The van der Waals surface area contributed by atoms with Crippen LogP contribution in [-0.2, 0) is 0 Å². The van der Waals surface area contributed by atoms with Gasteiger partial charge < -0.3 is 9.47 Å². The van der Waals surface area contributed by atoms with Crippen molar-refractivity contribution in [3.63, 3.8) is 0 Å². The minimum absolute atomic E-state index is 0.617. The van der Waals surface area contributed by atoms with Crippen molar-refractivity contribution in [3.05, 3.63) is 33.2 Å². The molecule has 264 valence electrons. The summed E-state index contributed by atoms with van der Waals surface area (Å²) in [5, 5.41) is 2.29. The van der Waals surface area contributed by atoms with Gasteiger partial charge >= 0.3 is 0 Å². The zero-order valence-corrected chi connectivity index (χ0v) is 33.6. The Balaban J connectivity index is 2.11. The molecule has 0 heterocycles. The fourth-order valence-electron chi connectivity index (χ4n) is 6.76. The monoisotopic (exact) mass is 764 g/mol. The molecule has 0 spiro atoms. The van der Waals surface area contributed by atoms with Gasteiger partial charge in [-0.2, -0.15) is 0 Å². The van der Waals surface area contributed by atoms with Gasteiger partial charge in [-0.1, -0.05) is 156 Å². The highest BCUT2D eigenvalue weighted by Gasteiger charge is 2.18. The summed E-state index contributed by atoms with van der Waals surface area (Å²) in [6.45, 7) is 10.8. The first-order chi connectivity index (χ1) is 22.5. The first-order valence-electron chi connectivity index (χ1n) is 19.7. The lowest BCUT2D eigenvalue weighted by Gasteiger charge is -2.22. The van der Waals surface area contributed by atoms with Crippen molar-refractivity contribution >= 4 is 42.6 Å². The van der Waals surface area contributed by atoms with Gasteiger partial charge in [-0.25, -0.2) is 0 Å². The SMILES string of the molecule is CCCCCCCCC(CCCCCC)COc1c(Br)ccc2c(OCC(CCCCCC)CCCCCCCC)c(Br)ccc12. The Morgan fingerprint density at radius 3 is 1.02 bits per heavy atom. The summed E-state index contributed by atoms with van der Waals surface area (Å²) in [5.41, 5.74) is 0. The molecule has 46 heavy (non-hydrogen) atoms. The van der Waals surface area contributed by atoms with Crippen molar-refractivity contribution in [2.45, 2.75) is 182 Å². The van der Waals surface area contributed by atoms with Crippen LogP contribution >= 0.6 is 31.9 Å². The van der Waals surface area contributed by atoms with Crippen LogP contribution in [0.1, 0.15) is 182 Å². The molecular formula is C42H70Br2O2. The van der Waals surface area contributed by atoms with Gasteiger partial charge in [0.25, 0.3) is 0 Å². The molecule has 0 aliphatic heterocycles. The average Bonchev–Trinajstić information content (AvgIpc) is 3.06. The lowest BCUT2D eigenvalue weighted by molar-refractivity contribution is 0.223. The van der Waals surface area contributed by atoms with Gasteiger partial charge in [-0.3, -0.25) is 0 Å². The van der Waals surface area contributed by atoms with Crippen LogP contribution in [0.15, 0.2) is 33.2 Å². The van der Waals surface area contributed by atoms with E-state index in [1.807, 2.05) is 0 Å². The molecule has 2 aromatic carbocycles. The predicted octanol–water partition coefficient (Wildman–Crippen LogP) is 15.8. The molecule has 0 fully saturated rings. The molecular weight excluding hydrogens is 696 g/mol. The van der Waals surface area contributed by atoms with Gasteiger partial charge in [0, 0.05) is 10.8 Å². The van der Waals surface area contributed by atoms with Gasteiger partial charge in [0.2, 0.25) is 0 Å². The Morgan fingerprint density at radius 2 is 0.696 bits per heavy atom. The highest BCUT2D eigenvalue weighted by molar-refractivity contribution is 9.11. The van der Waals surface area contributed by atoms with E-state index in [-0.39, 0.29) is 0 Å². The minimum atomic E-state index is 0.617. The number of rotatable bonds is 30. The average molecular weight is 767 g/mol. The number of benzene rings is 2. The molecule has 0 aliphatic carbocycles. The van der Waals surface area contributed by atoms with E-state index in [1.54, 1.807) is 0 Å². The van der Waals surface area contributed by atoms with E-state index in [0.717, 1.165) is 44.4 Å². The Kier molecular flexibility index (Phi) is 24.4. The highest BCUT2D eigenvalue weighted by Crippen LogP contribution is 2.42. The van der Waals surface area contributed by atoms with Crippen LogP contribution in [0.5, 0.6) is 11.5 Å². The van der Waals surface area contributed by atoms with Crippen molar-refractivity contribution in [2.24, 2.45) is 11.8 Å². The van der Waals surface area contributed by atoms with Crippen LogP contribution in [0.2, 0.25) is 0 Å².